The zero-order valence-corrected chi connectivity index (χ0v) is 8.47. The monoisotopic (exact) mass is 231 g/mol. The fraction of sp³-hybridized carbons (Fsp3) is 0.500. The van der Waals surface area contributed by atoms with Gasteiger partial charge in [0.1, 0.15) is 0 Å². The first-order chi connectivity index (χ1) is 5.08. The molecule has 0 aromatic carbocycles. The Morgan fingerprint density at radius 2 is 2.18 bits per heavy atom. The van der Waals surface area contributed by atoms with E-state index in [1.807, 2.05) is 0 Å². The van der Waals surface area contributed by atoms with Gasteiger partial charge in [-0.15, -0.1) is 0 Å². The van der Waals surface area contributed by atoms with E-state index >= 15 is 0 Å². The molecular formula is C6H5Cl4N. The number of hydrogen-bond acceptors (Lipinski definition) is 1. The van der Waals surface area contributed by atoms with Gasteiger partial charge < -0.3 is 0 Å². The molecule has 11 heavy (non-hydrogen) atoms. The lowest BCUT2D eigenvalue weighted by Crippen LogP contribution is -2.21. The Bertz CT molecular complexity index is 219. The summed E-state index contributed by atoms with van der Waals surface area (Å²) in [6, 6.07) is 0. The van der Waals surface area contributed by atoms with Crippen LogP contribution in [0.15, 0.2) is 15.6 Å². The van der Waals surface area contributed by atoms with Crippen LogP contribution < -0.4 is 0 Å². The third-order valence-electron chi connectivity index (χ3n) is 1.36. The molecule has 0 saturated heterocycles. The lowest BCUT2D eigenvalue weighted by atomic mass is 10.2. The van der Waals surface area contributed by atoms with Crippen LogP contribution in [-0.4, -0.2) is 16.6 Å². The molecule has 0 aromatic rings. The van der Waals surface area contributed by atoms with E-state index in [4.69, 9.17) is 46.4 Å². The topological polar surface area (TPSA) is 12.4 Å². The largest absolute Gasteiger partial charge is 0.285 e. The zero-order valence-electron chi connectivity index (χ0n) is 5.45. The number of aliphatic imine (C=N–C) groups is 1. The fourth-order valence-corrected chi connectivity index (χ4v) is 1.76. The number of nitrogens with zero attached hydrogens (tertiary/aromatic N) is 1. The van der Waals surface area contributed by atoms with E-state index in [0.717, 1.165) is 0 Å². The predicted octanol–water partition coefficient (Wildman–Crippen LogP) is 3.32. The van der Waals surface area contributed by atoms with Crippen molar-refractivity contribution in [1.29, 1.82) is 0 Å². The molecule has 0 saturated carbocycles. The van der Waals surface area contributed by atoms with Crippen molar-refractivity contribution in [3.8, 4) is 0 Å². The lowest BCUT2D eigenvalue weighted by Gasteiger charge is -2.12. The highest BCUT2D eigenvalue weighted by atomic mass is 35.5. The second-order valence-electron chi connectivity index (χ2n) is 2.14. The van der Waals surface area contributed by atoms with Crippen molar-refractivity contribution in [2.75, 3.05) is 6.54 Å². The van der Waals surface area contributed by atoms with Crippen LogP contribution in [0.1, 0.15) is 6.42 Å². The summed E-state index contributed by atoms with van der Waals surface area (Å²) >= 11 is 22.8. The summed E-state index contributed by atoms with van der Waals surface area (Å²) in [4.78, 5) is 4.03. The van der Waals surface area contributed by atoms with Crippen molar-refractivity contribution in [3.05, 3.63) is 10.6 Å². The quantitative estimate of drug-likeness (QED) is 0.616. The SMILES string of the molecule is ClC=C(Cl)C1=NCCC1(Cl)Cl. The fourth-order valence-electron chi connectivity index (χ4n) is 0.844. The van der Waals surface area contributed by atoms with Crippen molar-refractivity contribution in [3.63, 3.8) is 0 Å². The maximum atomic E-state index is 5.86. The molecule has 1 nitrogen and oxygen atoms in total. The van der Waals surface area contributed by atoms with Crippen LogP contribution in [-0.2, 0) is 0 Å². The van der Waals surface area contributed by atoms with Gasteiger partial charge >= 0.3 is 0 Å². The number of rotatable bonds is 1. The second kappa shape index (κ2) is 3.53. The summed E-state index contributed by atoms with van der Waals surface area (Å²) in [7, 11) is 0. The molecule has 0 unspecified atom stereocenters. The first kappa shape index (κ1) is 9.66. The molecule has 0 fully saturated rings. The summed E-state index contributed by atoms with van der Waals surface area (Å²) in [6.45, 7) is 0.600. The van der Waals surface area contributed by atoms with Crippen LogP contribution in [0.2, 0.25) is 0 Å². The van der Waals surface area contributed by atoms with E-state index in [1.165, 1.54) is 5.54 Å². The highest BCUT2D eigenvalue weighted by molar-refractivity contribution is 6.65. The van der Waals surface area contributed by atoms with Gasteiger partial charge in [0.2, 0.25) is 0 Å². The minimum absolute atomic E-state index is 0.314. The van der Waals surface area contributed by atoms with Gasteiger partial charge in [-0.2, -0.15) is 0 Å². The summed E-state index contributed by atoms with van der Waals surface area (Å²) in [5.41, 5.74) is 1.68. The molecule has 1 rings (SSSR count). The van der Waals surface area contributed by atoms with Crippen LogP contribution in [0.25, 0.3) is 0 Å². The standard InChI is InChI=1S/C6H5Cl4N/c7-3-4(8)5-6(9,10)1-2-11-5/h3H,1-2H2. The molecule has 0 atom stereocenters. The number of allylic oxidation sites excluding steroid dienone is 1. The van der Waals surface area contributed by atoms with E-state index in [0.29, 0.717) is 23.7 Å². The summed E-state index contributed by atoms with van der Waals surface area (Å²) < 4.78 is -0.956. The highest BCUT2D eigenvalue weighted by Gasteiger charge is 2.36. The third-order valence-corrected chi connectivity index (χ3v) is 2.72. The third kappa shape index (κ3) is 2.03. The first-order valence-corrected chi connectivity index (χ1v) is 4.54. The van der Waals surface area contributed by atoms with Gasteiger partial charge in [0.25, 0.3) is 0 Å². The minimum Gasteiger partial charge on any atom is -0.285 e. The summed E-state index contributed by atoms with van der Waals surface area (Å²) in [6.07, 6.45) is 0.590. The zero-order chi connectivity index (χ0) is 8.48. The molecule has 1 heterocycles. The molecule has 0 aliphatic carbocycles. The van der Waals surface area contributed by atoms with Gasteiger partial charge in [0.05, 0.1) is 10.7 Å². The number of hydrogen-bond donors (Lipinski definition) is 0. The van der Waals surface area contributed by atoms with Crippen LogP contribution in [0.3, 0.4) is 0 Å². The Hall–Kier alpha value is 0.570. The average Bonchev–Trinajstić information content (AvgIpc) is 2.28. The van der Waals surface area contributed by atoms with E-state index in [2.05, 4.69) is 4.99 Å². The van der Waals surface area contributed by atoms with E-state index in [-0.39, 0.29) is 0 Å². The van der Waals surface area contributed by atoms with Gasteiger partial charge in [0.15, 0.2) is 4.33 Å². The minimum atomic E-state index is -0.956. The van der Waals surface area contributed by atoms with Gasteiger partial charge in [-0.3, -0.25) is 4.99 Å². The molecule has 0 N–H and O–H groups in total. The van der Waals surface area contributed by atoms with Gasteiger partial charge in [-0.05, 0) is 0 Å². The van der Waals surface area contributed by atoms with Crippen LogP contribution in [0.4, 0.5) is 0 Å². The van der Waals surface area contributed by atoms with Crippen LogP contribution in [0.5, 0.6) is 0 Å². The molecule has 62 valence electrons. The van der Waals surface area contributed by atoms with Gasteiger partial charge in [-0.1, -0.05) is 46.4 Å². The number of alkyl halides is 2. The second-order valence-corrected chi connectivity index (χ2v) is 4.25. The highest BCUT2D eigenvalue weighted by Crippen LogP contribution is 2.35. The van der Waals surface area contributed by atoms with Gasteiger partial charge in [0, 0.05) is 18.5 Å². The Balaban J connectivity index is 2.88. The maximum absolute atomic E-state index is 5.86. The van der Waals surface area contributed by atoms with Crippen molar-refractivity contribution >= 4 is 52.1 Å². The summed E-state index contributed by atoms with van der Waals surface area (Å²) in [5.74, 6) is 0. The molecule has 0 bridgehead atoms. The lowest BCUT2D eigenvalue weighted by molar-refractivity contribution is 0.912. The Kier molecular flexibility index (Phi) is 3.10. The molecule has 1 aliphatic rings. The Labute approximate surface area is 85.0 Å². The molecule has 0 radical (unpaired) electrons. The summed E-state index contributed by atoms with van der Waals surface area (Å²) in [5, 5.41) is 0.314. The molecule has 0 amide bonds. The molecular weight excluding hydrogens is 228 g/mol. The molecule has 0 spiro atoms. The van der Waals surface area contributed by atoms with E-state index in [1.54, 1.807) is 0 Å². The van der Waals surface area contributed by atoms with Crippen molar-refractivity contribution in [2.45, 2.75) is 10.8 Å². The smallest absolute Gasteiger partial charge is 0.162 e. The normalized spacial score (nSPS) is 23.6. The van der Waals surface area contributed by atoms with Crippen LogP contribution in [0, 0.1) is 0 Å². The molecule has 1 aliphatic heterocycles. The maximum Gasteiger partial charge on any atom is 0.162 e. The van der Waals surface area contributed by atoms with E-state index in [9.17, 15) is 0 Å². The van der Waals surface area contributed by atoms with Crippen molar-refractivity contribution in [2.24, 2.45) is 4.99 Å². The van der Waals surface area contributed by atoms with Gasteiger partial charge in [-0.25, -0.2) is 0 Å². The molecule has 5 heteroatoms. The Morgan fingerprint density at radius 1 is 1.55 bits per heavy atom. The first-order valence-electron chi connectivity index (χ1n) is 2.97. The number of halogens is 4. The van der Waals surface area contributed by atoms with Crippen molar-refractivity contribution in [1.82, 2.24) is 0 Å². The predicted molar refractivity (Wildman–Crippen MR) is 51.1 cm³/mol. The van der Waals surface area contributed by atoms with Crippen molar-refractivity contribution < 1.29 is 0 Å². The van der Waals surface area contributed by atoms with Crippen LogP contribution >= 0.6 is 46.4 Å². The average molecular weight is 233 g/mol. The molecule has 0 aromatic heterocycles. The Morgan fingerprint density at radius 3 is 2.55 bits per heavy atom. The van der Waals surface area contributed by atoms with E-state index < -0.39 is 4.33 Å².